The van der Waals surface area contributed by atoms with E-state index in [1.165, 1.54) is 75.9 Å². The van der Waals surface area contributed by atoms with Gasteiger partial charge >= 0.3 is 17.9 Å². The third-order valence-electron chi connectivity index (χ3n) is 4.62. The van der Waals surface area contributed by atoms with Crippen LogP contribution in [0.2, 0.25) is 0 Å². The van der Waals surface area contributed by atoms with Crippen molar-refractivity contribution in [2.24, 2.45) is 0 Å². The molecule has 3 rings (SSSR count). The number of carbonyl (C=O) groups excluding carboxylic acids is 3. The van der Waals surface area contributed by atoms with Gasteiger partial charge in [-0.15, -0.1) is 0 Å². The average Bonchev–Trinajstić information content (AvgIpc) is 2.84. The fraction of sp³-hybridized carbons (Fsp3) is 0.125. The number of methoxy groups -OCH3 is 3. The molecule has 0 aliphatic heterocycles. The average molecular weight is 468 g/mol. The van der Waals surface area contributed by atoms with E-state index in [4.69, 9.17) is 23.7 Å². The van der Waals surface area contributed by atoms with Crippen LogP contribution in [0.5, 0.6) is 34.5 Å². The lowest BCUT2D eigenvalue weighted by molar-refractivity contribution is 0.0397. The summed E-state index contributed by atoms with van der Waals surface area (Å²) in [5, 5.41) is 19.3. The molecule has 10 nitrogen and oxygen atoms in total. The second kappa shape index (κ2) is 10.3. The molecule has 0 saturated carbocycles. The third kappa shape index (κ3) is 5.18. The van der Waals surface area contributed by atoms with Gasteiger partial charge in [0.05, 0.1) is 38.0 Å². The van der Waals surface area contributed by atoms with Gasteiger partial charge in [0.15, 0.2) is 34.5 Å². The van der Waals surface area contributed by atoms with Crippen molar-refractivity contribution in [1.82, 2.24) is 0 Å². The van der Waals surface area contributed by atoms with Crippen molar-refractivity contribution < 1.29 is 48.3 Å². The Hall–Kier alpha value is -4.73. The highest BCUT2D eigenvalue weighted by atomic mass is 16.6. The Morgan fingerprint density at radius 2 is 0.971 bits per heavy atom. The molecular formula is C24H20O10. The third-order valence-corrected chi connectivity index (χ3v) is 4.62. The standard InChI is InChI=1S/C24H20O10/c1-30-19-10-13(4-7-16(19)25)22(27)33-18-9-6-15(12-21(18)32-3)24(29)34-23(28)14-5-8-17(26)20(11-14)31-2/h4-12,25-26H,1-3H3. The first-order valence-electron chi connectivity index (χ1n) is 9.68. The molecule has 0 aliphatic carbocycles. The Morgan fingerprint density at radius 3 is 1.44 bits per heavy atom. The summed E-state index contributed by atoms with van der Waals surface area (Å²) >= 11 is 0. The molecule has 10 heteroatoms. The number of aromatic hydroxyl groups is 2. The molecule has 0 radical (unpaired) electrons. The van der Waals surface area contributed by atoms with Crippen LogP contribution in [0.1, 0.15) is 31.1 Å². The van der Waals surface area contributed by atoms with Gasteiger partial charge < -0.3 is 33.9 Å². The lowest BCUT2D eigenvalue weighted by Crippen LogP contribution is -2.14. The van der Waals surface area contributed by atoms with E-state index in [1.54, 1.807) is 0 Å². The summed E-state index contributed by atoms with van der Waals surface area (Å²) in [4.78, 5) is 37.2. The number of phenols is 2. The van der Waals surface area contributed by atoms with Gasteiger partial charge in [-0.3, -0.25) is 0 Å². The quantitative estimate of drug-likeness (QED) is 0.302. The van der Waals surface area contributed by atoms with E-state index in [9.17, 15) is 24.6 Å². The maximum Gasteiger partial charge on any atom is 0.346 e. The molecule has 0 atom stereocenters. The maximum absolute atomic E-state index is 12.5. The molecule has 0 saturated heterocycles. The zero-order valence-corrected chi connectivity index (χ0v) is 18.4. The molecule has 3 aromatic carbocycles. The summed E-state index contributed by atoms with van der Waals surface area (Å²) in [6, 6.07) is 11.5. The Balaban J connectivity index is 1.76. The number of rotatable bonds is 7. The summed E-state index contributed by atoms with van der Waals surface area (Å²) in [7, 11) is 3.96. The number of carbonyl (C=O) groups is 3. The van der Waals surface area contributed by atoms with Crippen molar-refractivity contribution in [1.29, 1.82) is 0 Å². The number of esters is 3. The molecule has 34 heavy (non-hydrogen) atoms. The van der Waals surface area contributed by atoms with Crippen molar-refractivity contribution in [3.05, 3.63) is 71.3 Å². The first-order chi connectivity index (χ1) is 16.3. The SMILES string of the molecule is COc1cc(C(=O)OC(=O)c2ccc(OC(=O)c3ccc(O)c(OC)c3)c(OC)c2)ccc1O. The van der Waals surface area contributed by atoms with Crippen molar-refractivity contribution in [3.63, 3.8) is 0 Å². The van der Waals surface area contributed by atoms with Crippen LogP contribution in [0.15, 0.2) is 54.6 Å². The smallest absolute Gasteiger partial charge is 0.346 e. The molecule has 0 fully saturated rings. The van der Waals surface area contributed by atoms with Gasteiger partial charge in [-0.25, -0.2) is 14.4 Å². The molecule has 0 bridgehead atoms. The number of benzene rings is 3. The van der Waals surface area contributed by atoms with Gasteiger partial charge in [-0.05, 0) is 54.6 Å². The maximum atomic E-state index is 12.5. The van der Waals surface area contributed by atoms with Crippen LogP contribution in [0.3, 0.4) is 0 Å². The van der Waals surface area contributed by atoms with E-state index < -0.39 is 17.9 Å². The molecule has 0 amide bonds. The fourth-order valence-corrected chi connectivity index (χ4v) is 2.85. The van der Waals surface area contributed by atoms with Crippen molar-refractivity contribution >= 4 is 17.9 Å². The Bertz CT molecular complexity index is 1250. The molecule has 0 aliphatic rings. The van der Waals surface area contributed by atoms with Gasteiger partial charge in [-0.2, -0.15) is 0 Å². The second-order valence-electron chi connectivity index (χ2n) is 6.71. The van der Waals surface area contributed by atoms with E-state index in [-0.39, 0.29) is 51.2 Å². The van der Waals surface area contributed by atoms with Crippen LogP contribution in [0.25, 0.3) is 0 Å². The highest BCUT2D eigenvalue weighted by molar-refractivity contribution is 6.03. The van der Waals surface area contributed by atoms with Crippen LogP contribution in [0.4, 0.5) is 0 Å². The first-order valence-corrected chi connectivity index (χ1v) is 9.68. The van der Waals surface area contributed by atoms with E-state index in [0.29, 0.717) is 0 Å². The molecule has 0 unspecified atom stereocenters. The minimum atomic E-state index is -0.975. The van der Waals surface area contributed by atoms with Crippen LogP contribution < -0.4 is 18.9 Å². The first kappa shape index (κ1) is 23.9. The summed E-state index contributed by atoms with van der Waals surface area (Å²) < 4.78 is 25.3. The lowest BCUT2D eigenvalue weighted by Gasteiger charge is -2.11. The predicted octanol–water partition coefficient (Wildman–Crippen LogP) is 3.34. The summed E-state index contributed by atoms with van der Waals surface area (Å²) in [6.45, 7) is 0. The predicted molar refractivity (Wildman–Crippen MR) is 117 cm³/mol. The minimum Gasteiger partial charge on any atom is -0.504 e. The van der Waals surface area contributed by atoms with E-state index in [0.717, 1.165) is 0 Å². The van der Waals surface area contributed by atoms with Gasteiger partial charge in [0.1, 0.15) is 0 Å². The highest BCUT2D eigenvalue weighted by Gasteiger charge is 2.20. The number of hydrogen-bond donors (Lipinski definition) is 2. The van der Waals surface area contributed by atoms with E-state index >= 15 is 0 Å². The number of hydrogen-bond acceptors (Lipinski definition) is 10. The molecular weight excluding hydrogens is 448 g/mol. The Morgan fingerprint density at radius 1 is 0.559 bits per heavy atom. The van der Waals surface area contributed by atoms with Crippen LogP contribution in [-0.2, 0) is 4.74 Å². The van der Waals surface area contributed by atoms with Crippen LogP contribution in [-0.4, -0.2) is 49.5 Å². The summed E-state index contributed by atoms with van der Waals surface area (Å²) in [5.41, 5.74) is 0.0574. The molecule has 2 N–H and O–H groups in total. The monoisotopic (exact) mass is 468 g/mol. The van der Waals surface area contributed by atoms with Crippen molar-refractivity contribution in [3.8, 4) is 34.5 Å². The van der Waals surface area contributed by atoms with Gasteiger partial charge in [0, 0.05) is 0 Å². The zero-order valence-electron chi connectivity index (χ0n) is 18.4. The Labute approximate surface area is 193 Å². The zero-order chi connectivity index (χ0) is 24.8. The number of ether oxygens (including phenoxy) is 5. The normalized spacial score (nSPS) is 10.2. The van der Waals surface area contributed by atoms with Crippen molar-refractivity contribution in [2.75, 3.05) is 21.3 Å². The van der Waals surface area contributed by atoms with Crippen LogP contribution in [0, 0.1) is 0 Å². The minimum absolute atomic E-state index is 0.00527. The molecule has 0 spiro atoms. The summed E-state index contributed by atoms with van der Waals surface area (Å²) in [5.74, 6) is -2.83. The van der Waals surface area contributed by atoms with E-state index in [2.05, 4.69) is 0 Å². The lowest BCUT2D eigenvalue weighted by atomic mass is 10.2. The highest BCUT2D eigenvalue weighted by Crippen LogP contribution is 2.31. The topological polar surface area (TPSA) is 138 Å². The second-order valence-corrected chi connectivity index (χ2v) is 6.71. The molecule has 3 aromatic rings. The number of phenolic OH excluding ortho intramolecular Hbond substituents is 2. The Kier molecular flexibility index (Phi) is 7.22. The van der Waals surface area contributed by atoms with Crippen molar-refractivity contribution in [2.45, 2.75) is 0 Å². The molecule has 0 aromatic heterocycles. The van der Waals surface area contributed by atoms with Crippen LogP contribution >= 0.6 is 0 Å². The summed E-state index contributed by atoms with van der Waals surface area (Å²) in [6.07, 6.45) is 0. The van der Waals surface area contributed by atoms with Gasteiger partial charge in [-0.1, -0.05) is 0 Å². The van der Waals surface area contributed by atoms with E-state index in [1.807, 2.05) is 0 Å². The molecule has 176 valence electrons. The fourth-order valence-electron chi connectivity index (χ4n) is 2.85. The molecule has 0 heterocycles. The largest absolute Gasteiger partial charge is 0.504 e. The van der Waals surface area contributed by atoms with Gasteiger partial charge in [0.25, 0.3) is 0 Å². The van der Waals surface area contributed by atoms with Gasteiger partial charge in [0.2, 0.25) is 0 Å².